The van der Waals surface area contributed by atoms with Crippen molar-refractivity contribution in [2.24, 2.45) is 7.05 Å². The molecule has 3 rings (SSSR count). The molecule has 2 N–H and O–H groups in total. The topological polar surface area (TPSA) is 69.6 Å². The van der Waals surface area contributed by atoms with Gasteiger partial charge in [-0.1, -0.05) is 12.1 Å². The van der Waals surface area contributed by atoms with Gasteiger partial charge in [-0.25, -0.2) is 0 Å². The van der Waals surface area contributed by atoms with Crippen LogP contribution in [0.3, 0.4) is 0 Å². The summed E-state index contributed by atoms with van der Waals surface area (Å²) in [5.74, 6) is 0.626. The normalized spacial score (nSPS) is 10.9. The maximum absolute atomic E-state index is 5.79. The number of anilines is 1. The van der Waals surface area contributed by atoms with Crippen molar-refractivity contribution in [1.29, 1.82) is 0 Å². The summed E-state index contributed by atoms with van der Waals surface area (Å²) in [5, 5.41) is 4.35. The largest absolute Gasteiger partial charge is 0.384 e. The van der Waals surface area contributed by atoms with Crippen molar-refractivity contribution in [3.8, 4) is 11.3 Å². The van der Waals surface area contributed by atoms with Gasteiger partial charge in [0.2, 0.25) is 0 Å². The molecule has 0 aliphatic heterocycles. The molecule has 0 saturated heterocycles. The van der Waals surface area contributed by atoms with Crippen molar-refractivity contribution in [2.45, 2.75) is 0 Å². The van der Waals surface area contributed by atoms with Crippen molar-refractivity contribution < 1.29 is 0 Å². The third-order valence-corrected chi connectivity index (χ3v) is 2.69. The minimum atomic E-state index is 0.626. The first kappa shape index (κ1) is 9.77. The van der Waals surface area contributed by atoms with E-state index in [4.69, 9.17) is 5.73 Å². The minimum Gasteiger partial charge on any atom is -0.384 e. The molecular formula is C12H11N5. The number of fused-ring (bicyclic) bond motifs is 1. The molecule has 2 heterocycles. The van der Waals surface area contributed by atoms with Gasteiger partial charge < -0.3 is 5.73 Å². The predicted octanol–water partition coefficient (Wildman–Crippen LogP) is 1.61. The Kier molecular flexibility index (Phi) is 2.04. The second-order valence-electron chi connectivity index (χ2n) is 3.81. The zero-order valence-electron chi connectivity index (χ0n) is 9.33. The van der Waals surface area contributed by atoms with Crippen LogP contribution < -0.4 is 5.73 Å². The molecule has 0 bridgehead atoms. The second kappa shape index (κ2) is 3.55. The molecule has 0 aliphatic carbocycles. The van der Waals surface area contributed by atoms with Crippen LogP contribution in [0.4, 0.5) is 5.82 Å². The van der Waals surface area contributed by atoms with E-state index in [2.05, 4.69) is 15.1 Å². The molecule has 0 radical (unpaired) electrons. The van der Waals surface area contributed by atoms with Crippen molar-refractivity contribution in [2.75, 3.05) is 5.73 Å². The molecule has 5 heteroatoms. The lowest BCUT2D eigenvalue weighted by atomic mass is 10.1. The Morgan fingerprint density at radius 2 is 2.00 bits per heavy atom. The van der Waals surface area contributed by atoms with Crippen LogP contribution >= 0.6 is 0 Å². The zero-order chi connectivity index (χ0) is 11.8. The zero-order valence-corrected chi connectivity index (χ0v) is 9.33. The molecule has 0 atom stereocenters. The first-order chi connectivity index (χ1) is 8.25. The van der Waals surface area contributed by atoms with Crippen molar-refractivity contribution in [1.82, 2.24) is 19.7 Å². The number of hydrogen-bond donors (Lipinski definition) is 1. The molecule has 0 amide bonds. The maximum atomic E-state index is 5.79. The minimum absolute atomic E-state index is 0.626. The lowest BCUT2D eigenvalue weighted by Crippen LogP contribution is -1.96. The van der Waals surface area contributed by atoms with Gasteiger partial charge in [0.1, 0.15) is 5.82 Å². The number of rotatable bonds is 1. The van der Waals surface area contributed by atoms with E-state index in [1.54, 1.807) is 17.1 Å². The average molecular weight is 225 g/mol. The van der Waals surface area contributed by atoms with Gasteiger partial charge in [-0.05, 0) is 6.07 Å². The molecule has 1 aromatic carbocycles. The number of para-hydroxylation sites is 1. The van der Waals surface area contributed by atoms with Gasteiger partial charge in [0.25, 0.3) is 0 Å². The fraction of sp³-hybridized carbons (Fsp3) is 0.0833. The molecule has 0 saturated carbocycles. The first-order valence-corrected chi connectivity index (χ1v) is 5.25. The number of nitrogens with two attached hydrogens (primary N) is 1. The number of hydrogen-bond acceptors (Lipinski definition) is 4. The van der Waals surface area contributed by atoms with E-state index in [1.165, 1.54) is 0 Å². The van der Waals surface area contributed by atoms with Crippen LogP contribution in [0, 0.1) is 0 Å². The first-order valence-electron chi connectivity index (χ1n) is 5.25. The van der Waals surface area contributed by atoms with E-state index in [9.17, 15) is 0 Å². The van der Waals surface area contributed by atoms with E-state index in [0.29, 0.717) is 5.82 Å². The second-order valence-corrected chi connectivity index (χ2v) is 3.81. The molecule has 0 aliphatic rings. The Hall–Kier alpha value is -2.43. The number of benzene rings is 1. The van der Waals surface area contributed by atoms with Crippen LogP contribution in [0.5, 0.6) is 0 Å². The summed E-state index contributed by atoms with van der Waals surface area (Å²) >= 11 is 0. The fourth-order valence-electron chi connectivity index (χ4n) is 1.81. The Morgan fingerprint density at radius 3 is 2.76 bits per heavy atom. The van der Waals surface area contributed by atoms with Gasteiger partial charge in [0.05, 0.1) is 16.7 Å². The monoisotopic (exact) mass is 225 g/mol. The molecule has 3 aromatic rings. The van der Waals surface area contributed by atoms with Crippen molar-refractivity contribution in [3.05, 3.63) is 36.7 Å². The van der Waals surface area contributed by atoms with Crippen LogP contribution in [0.15, 0.2) is 36.7 Å². The summed E-state index contributed by atoms with van der Waals surface area (Å²) in [7, 11) is 1.82. The SMILES string of the molecule is Cn1nc(-c2cccc3nccnc23)cc1N. The van der Waals surface area contributed by atoms with Crippen LogP contribution in [0.2, 0.25) is 0 Å². The van der Waals surface area contributed by atoms with Gasteiger partial charge in [0, 0.05) is 31.1 Å². The lowest BCUT2D eigenvalue weighted by Gasteiger charge is -2.01. The lowest BCUT2D eigenvalue weighted by molar-refractivity contribution is 0.782. The molecule has 5 nitrogen and oxygen atoms in total. The van der Waals surface area contributed by atoms with Crippen LogP contribution in [-0.2, 0) is 7.05 Å². The fourth-order valence-corrected chi connectivity index (χ4v) is 1.81. The summed E-state index contributed by atoms with van der Waals surface area (Å²) in [5.41, 5.74) is 9.25. The van der Waals surface area contributed by atoms with Crippen LogP contribution in [0.1, 0.15) is 0 Å². The van der Waals surface area contributed by atoms with Crippen molar-refractivity contribution >= 4 is 16.9 Å². The van der Waals surface area contributed by atoms with Gasteiger partial charge >= 0.3 is 0 Å². The highest BCUT2D eigenvalue weighted by Crippen LogP contribution is 2.25. The van der Waals surface area contributed by atoms with E-state index in [1.807, 2.05) is 31.3 Å². The smallest absolute Gasteiger partial charge is 0.121 e. The van der Waals surface area contributed by atoms with Gasteiger partial charge in [-0.2, -0.15) is 5.10 Å². The van der Waals surface area contributed by atoms with Crippen LogP contribution in [0.25, 0.3) is 22.3 Å². The summed E-state index contributed by atoms with van der Waals surface area (Å²) < 4.78 is 1.64. The molecule has 0 unspecified atom stereocenters. The highest BCUT2D eigenvalue weighted by atomic mass is 15.3. The summed E-state index contributed by atoms with van der Waals surface area (Å²) in [4.78, 5) is 8.61. The molecule has 0 spiro atoms. The summed E-state index contributed by atoms with van der Waals surface area (Å²) in [6, 6.07) is 7.68. The van der Waals surface area contributed by atoms with E-state index in [-0.39, 0.29) is 0 Å². The Labute approximate surface area is 97.9 Å². The highest BCUT2D eigenvalue weighted by Gasteiger charge is 2.09. The maximum Gasteiger partial charge on any atom is 0.121 e. The van der Waals surface area contributed by atoms with Gasteiger partial charge in [-0.15, -0.1) is 0 Å². The molecule has 0 fully saturated rings. The molecule has 17 heavy (non-hydrogen) atoms. The third kappa shape index (κ3) is 1.52. The standard InChI is InChI=1S/C12H11N5/c1-17-11(13)7-10(16-17)8-3-2-4-9-12(8)15-6-5-14-9/h2-7H,13H2,1H3. The molecular weight excluding hydrogens is 214 g/mol. The Balaban J connectivity index is 2.30. The van der Waals surface area contributed by atoms with E-state index >= 15 is 0 Å². The Morgan fingerprint density at radius 1 is 1.18 bits per heavy atom. The van der Waals surface area contributed by atoms with E-state index in [0.717, 1.165) is 22.3 Å². The van der Waals surface area contributed by atoms with Gasteiger partial charge in [0.15, 0.2) is 0 Å². The van der Waals surface area contributed by atoms with Gasteiger partial charge in [-0.3, -0.25) is 14.6 Å². The van der Waals surface area contributed by atoms with Crippen LogP contribution in [-0.4, -0.2) is 19.7 Å². The average Bonchev–Trinajstić information content (AvgIpc) is 2.69. The quantitative estimate of drug-likeness (QED) is 0.683. The molecule has 2 aromatic heterocycles. The van der Waals surface area contributed by atoms with E-state index < -0.39 is 0 Å². The third-order valence-electron chi connectivity index (χ3n) is 2.69. The number of nitrogen functional groups attached to an aromatic ring is 1. The van der Waals surface area contributed by atoms with Crippen molar-refractivity contribution in [3.63, 3.8) is 0 Å². The highest BCUT2D eigenvalue weighted by molar-refractivity contribution is 5.90. The molecule has 84 valence electrons. The number of aromatic nitrogens is 4. The summed E-state index contributed by atoms with van der Waals surface area (Å²) in [6.07, 6.45) is 3.36. The number of aryl methyl sites for hydroxylation is 1. The predicted molar refractivity (Wildman–Crippen MR) is 66.2 cm³/mol. The Bertz CT molecular complexity index is 661. The summed E-state index contributed by atoms with van der Waals surface area (Å²) in [6.45, 7) is 0. The number of nitrogens with zero attached hydrogens (tertiary/aromatic N) is 4.